The fourth-order valence-electron chi connectivity index (χ4n) is 4.16. The monoisotopic (exact) mass is 285 g/mol. The predicted molar refractivity (Wildman–Crippen MR) is 85.0 cm³/mol. The minimum atomic E-state index is 0.648. The van der Waals surface area contributed by atoms with Crippen LogP contribution < -0.4 is 0 Å². The van der Waals surface area contributed by atoms with E-state index < -0.39 is 0 Å². The number of nitrogens with zero attached hydrogens (tertiary/aromatic N) is 3. The number of hydrogen-bond donors (Lipinski definition) is 0. The Morgan fingerprint density at radius 1 is 1.05 bits per heavy atom. The normalized spacial score (nSPS) is 26.5. The fourth-order valence-corrected chi connectivity index (χ4v) is 4.16. The Morgan fingerprint density at radius 3 is 2.48 bits per heavy atom. The van der Waals surface area contributed by atoms with Crippen molar-refractivity contribution in [2.24, 2.45) is 11.3 Å². The van der Waals surface area contributed by atoms with E-state index in [1.165, 1.54) is 70.5 Å². The Hall–Kier alpha value is -0.930. The number of piperidine rings is 1. The average molecular weight is 285 g/mol. The van der Waals surface area contributed by atoms with E-state index in [0.717, 1.165) is 12.5 Å². The number of rotatable bonds is 4. The lowest BCUT2D eigenvalue weighted by Gasteiger charge is -2.39. The Labute approximate surface area is 128 Å². The van der Waals surface area contributed by atoms with Gasteiger partial charge in [0.15, 0.2) is 0 Å². The van der Waals surface area contributed by atoms with Gasteiger partial charge in [-0.25, -0.2) is 0 Å². The van der Waals surface area contributed by atoms with Crippen molar-refractivity contribution in [1.82, 2.24) is 14.8 Å². The van der Waals surface area contributed by atoms with Gasteiger partial charge in [-0.15, -0.1) is 0 Å². The second-order valence-electron chi connectivity index (χ2n) is 7.53. The van der Waals surface area contributed by atoms with Gasteiger partial charge in [0.05, 0.1) is 5.69 Å². The van der Waals surface area contributed by atoms with Crippen LogP contribution in [0.2, 0.25) is 0 Å². The lowest BCUT2D eigenvalue weighted by molar-refractivity contribution is 0.101. The summed E-state index contributed by atoms with van der Waals surface area (Å²) in [5.41, 5.74) is 1.87. The summed E-state index contributed by atoms with van der Waals surface area (Å²) in [7, 11) is 0. The molecule has 3 nitrogen and oxygen atoms in total. The lowest BCUT2D eigenvalue weighted by Crippen LogP contribution is -2.41. The Balaban J connectivity index is 1.28. The van der Waals surface area contributed by atoms with Crippen LogP contribution >= 0.6 is 0 Å². The van der Waals surface area contributed by atoms with Crippen LogP contribution in [0.15, 0.2) is 24.4 Å². The molecule has 1 aromatic rings. The van der Waals surface area contributed by atoms with E-state index in [4.69, 9.17) is 0 Å². The number of pyridine rings is 1. The molecule has 2 aliphatic heterocycles. The zero-order chi connectivity index (χ0) is 14.1. The first kappa shape index (κ1) is 13.7. The summed E-state index contributed by atoms with van der Waals surface area (Å²) < 4.78 is 0. The molecule has 0 bridgehead atoms. The molecule has 2 saturated heterocycles. The van der Waals surface area contributed by atoms with Gasteiger partial charge in [0, 0.05) is 25.8 Å². The molecule has 114 valence electrons. The van der Waals surface area contributed by atoms with Crippen molar-refractivity contribution in [3.8, 4) is 0 Å². The van der Waals surface area contributed by atoms with E-state index in [1.54, 1.807) is 0 Å². The molecular formula is C18H27N3. The molecule has 21 heavy (non-hydrogen) atoms. The van der Waals surface area contributed by atoms with Crippen LogP contribution in [0, 0.1) is 11.3 Å². The minimum Gasteiger partial charge on any atom is -0.302 e. The minimum absolute atomic E-state index is 0.648. The van der Waals surface area contributed by atoms with Gasteiger partial charge in [0.2, 0.25) is 0 Å². The standard InChI is InChI=1S/C18H27N3/c1-2-9-19-17(3-1)14-20-10-6-18(7-11-20)8-12-21(15-18)13-16-4-5-16/h1-3,9,16H,4-8,10-15H2. The van der Waals surface area contributed by atoms with Crippen molar-refractivity contribution in [3.05, 3.63) is 30.1 Å². The molecule has 3 aliphatic rings. The van der Waals surface area contributed by atoms with E-state index >= 15 is 0 Å². The fraction of sp³-hybridized carbons (Fsp3) is 0.722. The van der Waals surface area contributed by atoms with Gasteiger partial charge in [-0.2, -0.15) is 0 Å². The molecule has 0 radical (unpaired) electrons. The van der Waals surface area contributed by atoms with Gasteiger partial charge < -0.3 is 4.90 Å². The molecule has 4 rings (SSSR count). The van der Waals surface area contributed by atoms with Gasteiger partial charge >= 0.3 is 0 Å². The van der Waals surface area contributed by atoms with E-state index in [2.05, 4.69) is 26.9 Å². The smallest absolute Gasteiger partial charge is 0.0543 e. The van der Waals surface area contributed by atoms with Gasteiger partial charge in [-0.1, -0.05) is 6.07 Å². The highest BCUT2D eigenvalue weighted by molar-refractivity contribution is 5.04. The maximum Gasteiger partial charge on any atom is 0.0543 e. The van der Waals surface area contributed by atoms with Crippen molar-refractivity contribution in [1.29, 1.82) is 0 Å². The molecular weight excluding hydrogens is 258 g/mol. The van der Waals surface area contributed by atoms with E-state index in [1.807, 2.05) is 12.3 Å². The molecule has 0 amide bonds. The summed E-state index contributed by atoms with van der Waals surface area (Å²) in [6, 6.07) is 6.25. The third-order valence-corrected chi connectivity index (χ3v) is 5.76. The Morgan fingerprint density at radius 2 is 1.81 bits per heavy atom. The van der Waals surface area contributed by atoms with Crippen LogP contribution in [0.25, 0.3) is 0 Å². The number of hydrogen-bond acceptors (Lipinski definition) is 3. The van der Waals surface area contributed by atoms with Crippen LogP contribution in [0.4, 0.5) is 0 Å². The topological polar surface area (TPSA) is 19.4 Å². The molecule has 3 heterocycles. The van der Waals surface area contributed by atoms with Crippen molar-refractivity contribution < 1.29 is 0 Å². The highest BCUT2D eigenvalue weighted by atomic mass is 15.2. The summed E-state index contributed by atoms with van der Waals surface area (Å²) in [4.78, 5) is 9.81. The molecule has 1 aliphatic carbocycles. The van der Waals surface area contributed by atoms with Crippen LogP contribution in [0.1, 0.15) is 37.8 Å². The molecule has 0 unspecified atom stereocenters. The van der Waals surface area contributed by atoms with Crippen molar-refractivity contribution >= 4 is 0 Å². The summed E-state index contributed by atoms with van der Waals surface area (Å²) >= 11 is 0. The van der Waals surface area contributed by atoms with E-state index in [9.17, 15) is 0 Å². The lowest BCUT2D eigenvalue weighted by atomic mass is 9.78. The maximum atomic E-state index is 4.46. The molecule has 0 atom stereocenters. The van der Waals surface area contributed by atoms with Gasteiger partial charge in [0.25, 0.3) is 0 Å². The molecule has 3 fully saturated rings. The molecule has 3 heteroatoms. The van der Waals surface area contributed by atoms with Gasteiger partial charge in [-0.05, 0) is 75.2 Å². The summed E-state index contributed by atoms with van der Waals surface area (Å²) in [5, 5.41) is 0. The largest absolute Gasteiger partial charge is 0.302 e. The third kappa shape index (κ3) is 3.29. The summed E-state index contributed by atoms with van der Waals surface area (Å²) in [5.74, 6) is 1.05. The van der Waals surface area contributed by atoms with Gasteiger partial charge in [-0.3, -0.25) is 9.88 Å². The van der Waals surface area contributed by atoms with Crippen LogP contribution in [0.3, 0.4) is 0 Å². The SMILES string of the molecule is c1ccc(CN2CCC3(CC2)CCN(CC2CC2)C3)nc1. The zero-order valence-corrected chi connectivity index (χ0v) is 13.0. The molecule has 1 spiro atoms. The van der Waals surface area contributed by atoms with Gasteiger partial charge in [0.1, 0.15) is 0 Å². The first-order valence-corrected chi connectivity index (χ1v) is 8.66. The second kappa shape index (κ2) is 5.69. The Kier molecular flexibility index (Phi) is 3.72. The van der Waals surface area contributed by atoms with Crippen molar-refractivity contribution in [3.63, 3.8) is 0 Å². The first-order chi connectivity index (χ1) is 10.3. The highest BCUT2D eigenvalue weighted by Crippen LogP contribution is 2.42. The Bertz CT molecular complexity index is 461. The highest BCUT2D eigenvalue weighted by Gasteiger charge is 2.41. The molecule has 1 saturated carbocycles. The molecule has 0 N–H and O–H groups in total. The van der Waals surface area contributed by atoms with Crippen LogP contribution in [0.5, 0.6) is 0 Å². The van der Waals surface area contributed by atoms with Crippen LogP contribution in [-0.4, -0.2) is 47.5 Å². The van der Waals surface area contributed by atoms with Crippen molar-refractivity contribution in [2.75, 3.05) is 32.7 Å². The summed E-state index contributed by atoms with van der Waals surface area (Å²) in [6.07, 6.45) is 9.11. The number of aromatic nitrogens is 1. The third-order valence-electron chi connectivity index (χ3n) is 5.76. The maximum absolute atomic E-state index is 4.46. The molecule has 0 aromatic carbocycles. The summed E-state index contributed by atoms with van der Waals surface area (Å²) in [6.45, 7) is 7.67. The zero-order valence-electron chi connectivity index (χ0n) is 13.0. The molecule has 1 aromatic heterocycles. The second-order valence-corrected chi connectivity index (χ2v) is 7.53. The number of likely N-dealkylation sites (tertiary alicyclic amines) is 2. The van der Waals surface area contributed by atoms with Crippen molar-refractivity contribution in [2.45, 2.75) is 38.6 Å². The van der Waals surface area contributed by atoms with E-state index in [0.29, 0.717) is 5.41 Å². The predicted octanol–water partition coefficient (Wildman–Crippen LogP) is 2.78. The first-order valence-electron chi connectivity index (χ1n) is 8.66. The average Bonchev–Trinajstić information content (AvgIpc) is 3.24. The van der Waals surface area contributed by atoms with E-state index in [-0.39, 0.29) is 0 Å². The van der Waals surface area contributed by atoms with Crippen LogP contribution in [-0.2, 0) is 6.54 Å². The quantitative estimate of drug-likeness (QED) is 0.848.